The van der Waals surface area contributed by atoms with E-state index in [1.54, 1.807) is 26.8 Å². The van der Waals surface area contributed by atoms with Gasteiger partial charge in [0.1, 0.15) is 17.5 Å². The molecular formula is C18H23FN2O7S. The lowest BCUT2D eigenvalue weighted by Crippen LogP contribution is -2.35. The highest BCUT2D eigenvalue weighted by Crippen LogP contribution is 2.33. The highest BCUT2D eigenvalue weighted by Gasteiger charge is 2.37. The maximum Gasteiger partial charge on any atom is 0.528 e. The van der Waals surface area contributed by atoms with Gasteiger partial charge in [0.25, 0.3) is 0 Å². The number of hydrogen-bond donors (Lipinski definition) is 1. The van der Waals surface area contributed by atoms with Gasteiger partial charge in [0, 0.05) is 5.92 Å². The fourth-order valence-corrected chi connectivity index (χ4v) is 4.55. The number of anilines is 1. The predicted octanol–water partition coefficient (Wildman–Crippen LogP) is 2.12. The van der Waals surface area contributed by atoms with Crippen LogP contribution in [0.5, 0.6) is 0 Å². The first-order valence-corrected chi connectivity index (χ1v) is 10.9. The molecule has 2 heterocycles. The second-order valence-electron chi connectivity index (χ2n) is 8.01. The molecule has 0 aliphatic carbocycles. The van der Waals surface area contributed by atoms with Crippen molar-refractivity contribution in [2.75, 3.05) is 29.5 Å². The number of benzene rings is 1. The number of cyclic esters (lactones) is 1. The average Bonchev–Trinajstić information content (AvgIpc) is 2.91. The van der Waals surface area contributed by atoms with Crippen molar-refractivity contribution < 1.29 is 36.7 Å². The highest BCUT2D eigenvalue weighted by atomic mass is 32.2. The molecular weight excluding hydrogens is 407 g/mol. The fraction of sp³-hybridized carbons (Fsp3) is 0.556. The Morgan fingerprint density at radius 3 is 2.62 bits per heavy atom. The van der Waals surface area contributed by atoms with E-state index in [0.717, 1.165) is 0 Å². The molecule has 1 aromatic rings. The quantitative estimate of drug-likeness (QED) is 0.559. The molecule has 1 atom stereocenters. The number of carbonyl (C=O) groups excluding carboxylic acids is 2. The molecule has 0 unspecified atom stereocenters. The van der Waals surface area contributed by atoms with E-state index in [0.29, 0.717) is 11.3 Å². The predicted molar refractivity (Wildman–Crippen MR) is 101 cm³/mol. The van der Waals surface area contributed by atoms with Gasteiger partial charge in [-0.1, -0.05) is 6.07 Å². The van der Waals surface area contributed by atoms with Gasteiger partial charge >= 0.3 is 12.2 Å². The molecule has 11 heteroatoms. The molecule has 1 aromatic carbocycles. The summed E-state index contributed by atoms with van der Waals surface area (Å²) in [6.07, 6.45) is -2.19. The van der Waals surface area contributed by atoms with Gasteiger partial charge in [-0.05, 0) is 38.5 Å². The summed E-state index contributed by atoms with van der Waals surface area (Å²) in [4.78, 5) is 29.5. The van der Waals surface area contributed by atoms with Crippen molar-refractivity contribution in [1.29, 1.82) is 0 Å². The van der Waals surface area contributed by atoms with Crippen molar-refractivity contribution in [2.24, 2.45) is 0 Å². The average molecular weight is 430 g/mol. The van der Waals surface area contributed by atoms with Crippen molar-refractivity contribution in [3.05, 3.63) is 29.6 Å². The summed E-state index contributed by atoms with van der Waals surface area (Å²) in [7, 11) is -3.07. The Morgan fingerprint density at radius 1 is 1.34 bits per heavy atom. The highest BCUT2D eigenvalue weighted by molar-refractivity contribution is 7.92. The molecule has 0 saturated carbocycles. The van der Waals surface area contributed by atoms with E-state index in [9.17, 15) is 22.4 Å². The first-order chi connectivity index (χ1) is 13.4. The molecule has 2 aliphatic rings. The monoisotopic (exact) mass is 430 g/mol. The van der Waals surface area contributed by atoms with Gasteiger partial charge in [-0.2, -0.15) is 0 Å². The molecule has 29 heavy (non-hydrogen) atoms. The molecule has 0 radical (unpaired) electrons. The first-order valence-electron chi connectivity index (χ1n) is 9.04. The van der Waals surface area contributed by atoms with Crippen LogP contribution in [0, 0.1) is 5.82 Å². The topological polar surface area (TPSA) is 111 Å². The third-order valence-corrected chi connectivity index (χ3v) is 6.20. The molecule has 9 nitrogen and oxygen atoms in total. The minimum atomic E-state index is -3.07. The number of halogens is 1. The summed E-state index contributed by atoms with van der Waals surface area (Å²) in [6.45, 7) is 5.24. The Bertz CT molecular complexity index is 901. The Kier molecular flexibility index (Phi) is 5.72. The molecule has 2 saturated heterocycles. The van der Waals surface area contributed by atoms with Crippen LogP contribution in [-0.2, 0) is 24.1 Å². The van der Waals surface area contributed by atoms with Crippen LogP contribution < -0.4 is 10.4 Å². The maximum atomic E-state index is 14.4. The number of carbonyl (C=O) groups is 2. The lowest BCUT2D eigenvalue weighted by atomic mass is 10.0. The molecule has 0 bridgehead atoms. The second kappa shape index (κ2) is 7.79. The summed E-state index contributed by atoms with van der Waals surface area (Å²) >= 11 is 0. The number of ether oxygens (including phenoxy) is 2. The van der Waals surface area contributed by atoms with Crippen LogP contribution in [0.2, 0.25) is 0 Å². The molecule has 1 N–H and O–H groups in total. The Balaban J connectivity index is 1.54. The van der Waals surface area contributed by atoms with E-state index in [-0.39, 0.29) is 30.5 Å². The Labute approximate surface area is 168 Å². The number of nitrogens with one attached hydrogen (secondary N) is 1. The van der Waals surface area contributed by atoms with Crippen LogP contribution in [0.15, 0.2) is 18.2 Å². The van der Waals surface area contributed by atoms with E-state index in [2.05, 4.69) is 5.48 Å². The van der Waals surface area contributed by atoms with Gasteiger partial charge < -0.3 is 14.3 Å². The second-order valence-corrected chi connectivity index (χ2v) is 10.2. The van der Waals surface area contributed by atoms with Crippen LogP contribution >= 0.6 is 0 Å². The number of nitrogens with zero attached hydrogens (tertiary/aromatic N) is 1. The van der Waals surface area contributed by atoms with Crippen LogP contribution in [0.4, 0.5) is 19.7 Å². The van der Waals surface area contributed by atoms with E-state index in [1.807, 2.05) is 0 Å². The normalized spacial score (nSPS) is 21.4. The van der Waals surface area contributed by atoms with Crippen LogP contribution in [0.3, 0.4) is 0 Å². The number of rotatable bonds is 5. The van der Waals surface area contributed by atoms with Crippen LogP contribution in [0.25, 0.3) is 0 Å². The largest absolute Gasteiger partial charge is 0.528 e. The number of hydrogen-bond acceptors (Lipinski definition) is 8. The molecule has 2 aliphatic heterocycles. The zero-order valence-corrected chi connectivity index (χ0v) is 17.1. The molecule has 0 aromatic heterocycles. The first kappa shape index (κ1) is 21.3. The Morgan fingerprint density at radius 2 is 2.03 bits per heavy atom. The maximum absolute atomic E-state index is 14.4. The smallest absolute Gasteiger partial charge is 0.442 e. The standard InChI is InChI=1S/C18H23FN2O7S/c1-18(2,3)27-17(23)28-20-7-13-8-21(16(22)26-13)12-4-5-14(15(19)6-12)11-9-29(24,25)10-11/h4-6,11,13,20H,7-10H2,1-3H3/t13-/m0/s1. The van der Waals surface area contributed by atoms with Crippen LogP contribution in [-0.4, -0.2) is 57.0 Å². The minimum absolute atomic E-state index is 0.0297. The van der Waals surface area contributed by atoms with Crippen molar-refractivity contribution in [2.45, 2.75) is 38.4 Å². The van der Waals surface area contributed by atoms with Gasteiger partial charge in [0.2, 0.25) is 0 Å². The molecule has 0 spiro atoms. The molecule has 1 amide bonds. The van der Waals surface area contributed by atoms with Crippen molar-refractivity contribution in [3.63, 3.8) is 0 Å². The number of hydroxylamine groups is 1. The van der Waals surface area contributed by atoms with Crippen molar-refractivity contribution >= 4 is 27.8 Å². The van der Waals surface area contributed by atoms with Gasteiger partial charge in [0.05, 0.1) is 30.3 Å². The summed E-state index contributed by atoms with van der Waals surface area (Å²) in [5.74, 6) is -1.06. The minimum Gasteiger partial charge on any atom is -0.442 e. The van der Waals surface area contributed by atoms with Crippen molar-refractivity contribution in [1.82, 2.24) is 5.48 Å². The summed E-state index contributed by atoms with van der Waals surface area (Å²) in [5, 5.41) is 0. The zero-order valence-electron chi connectivity index (χ0n) is 16.3. The molecule has 2 fully saturated rings. The summed E-state index contributed by atoms with van der Waals surface area (Å²) < 4.78 is 47.2. The van der Waals surface area contributed by atoms with Crippen molar-refractivity contribution in [3.8, 4) is 0 Å². The van der Waals surface area contributed by atoms with Gasteiger partial charge in [-0.25, -0.2) is 22.4 Å². The summed E-state index contributed by atoms with van der Waals surface area (Å²) in [6, 6.07) is 4.24. The third kappa shape index (κ3) is 5.36. The van der Waals surface area contributed by atoms with E-state index < -0.39 is 39.6 Å². The zero-order chi connectivity index (χ0) is 21.4. The lowest BCUT2D eigenvalue weighted by molar-refractivity contribution is -0.0368. The number of amides is 1. The van der Waals surface area contributed by atoms with E-state index in [1.165, 1.54) is 17.0 Å². The third-order valence-electron chi connectivity index (χ3n) is 4.38. The molecule has 160 valence electrons. The Hall–Kier alpha value is -2.40. The van der Waals surface area contributed by atoms with Gasteiger partial charge in [-0.3, -0.25) is 4.90 Å². The fourth-order valence-electron chi connectivity index (χ4n) is 3.06. The lowest BCUT2D eigenvalue weighted by Gasteiger charge is -2.26. The molecule has 3 rings (SSSR count). The summed E-state index contributed by atoms with van der Waals surface area (Å²) in [5.41, 5.74) is 2.31. The van der Waals surface area contributed by atoms with Gasteiger partial charge in [-0.15, -0.1) is 5.48 Å². The number of sulfone groups is 1. The van der Waals surface area contributed by atoms with Crippen LogP contribution in [0.1, 0.15) is 32.3 Å². The van der Waals surface area contributed by atoms with Gasteiger partial charge in [0.15, 0.2) is 9.84 Å². The van der Waals surface area contributed by atoms with E-state index in [4.69, 9.17) is 14.3 Å². The van der Waals surface area contributed by atoms with E-state index >= 15 is 0 Å². The SMILES string of the molecule is CC(C)(C)OC(=O)ONC[C@H]1CN(c2ccc(C3CS(=O)(=O)C3)c(F)c2)C(=O)O1.